The molecule has 0 atom stereocenters. The van der Waals surface area contributed by atoms with Crippen molar-refractivity contribution < 1.29 is 0 Å². The lowest BCUT2D eigenvalue weighted by Crippen LogP contribution is -1.68. The van der Waals surface area contributed by atoms with E-state index in [-0.39, 0.29) is 0 Å². The zero-order chi connectivity index (χ0) is 8.43. The first-order chi connectivity index (χ1) is 5.20. The minimum absolute atomic E-state index is 0.907. The standard InChI is InChI=1S/C6H4Br4S/c7-1-3-5(9)6(10)4(2-8)11-3/h1-2H2. The Morgan fingerprint density at radius 3 is 1.45 bits per heavy atom. The zero-order valence-electron chi connectivity index (χ0n) is 5.33. The molecule has 5 heteroatoms. The summed E-state index contributed by atoms with van der Waals surface area (Å²) in [7, 11) is 0. The summed E-state index contributed by atoms with van der Waals surface area (Å²) in [4.78, 5) is 2.65. The van der Waals surface area contributed by atoms with Gasteiger partial charge in [-0.25, -0.2) is 0 Å². The molecule has 1 rings (SSSR count). The van der Waals surface area contributed by atoms with Crippen molar-refractivity contribution in [1.29, 1.82) is 0 Å². The Bertz CT molecular complexity index is 231. The summed E-state index contributed by atoms with van der Waals surface area (Å²) in [6.07, 6.45) is 0. The molecular weight excluding hydrogens is 424 g/mol. The smallest absolute Gasteiger partial charge is 0.0468 e. The van der Waals surface area contributed by atoms with Crippen LogP contribution >= 0.6 is 75.1 Å². The molecule has 0 nitrogen and oxygen atoms in total. The van der Waals surface area contributed by atoms with Gasteiger partial charge in [0, 0.05) is 29.4 Å². The van der Waals surface area contributed by atoms with Gasteiger partial charge in [0.2, 0.25) is 0 Å². The number of alkyl halides is 2. The summed E-state index contributed by atoms with van der Waals surface area (Å²) in [5, 5.41) is 1.81. The molecule has 0 fully saturated rings. The van der Waals surface area contributed by atoms with E-state index in [2.05, 4.69) is 63.7 Å². The Labute approximate surface area is 103 Å². The third-order valence-electron chi connectivity index (χ3n) is 1.17. The van der Waals surface area contributed by atoms with Gasteiger partial charge < -0.3 is 0 Å². The van der Waals surface area contributed by atoms with Crippen LogP contribution in [0.2, 0.25) is 0 Å². The fourth-order valence-corrected chi connectivity index (χ4v) is 4.95. The summed E-state index contributed by atoms with van der Waals surface area (Å²) in [6.45, 7) is 0. The highest BCUT2D eigenvalue weighted by molar-refractivity contribution is 9.13. The van der Waals surface area contributed by atoms with Crippen LogP contribution in [0.4, 0.5) is 0 Å². The number of hydrogen-bond acceptors (Lipinski definition) is 1. The molecule has 0 N–H and O–H groups in total. The molecule has 0 saturated carbocycles. The topological polar surface area (TPSA) is 0 Å². The molecule has 1 aromatic rings. The Morgan fingerprint density at radius 1 is 0.909 bits per heavy atom. The van der Waals surface area contributed by atoms with Crippen molar-refractivity contribution in [3.05, 3.63) is 18.7 Å². The predicted octanol–water partition coefficient (Wildman–Crippen LogP) is 5.06. The Kier molecular flexibility index (Phi) is 4.61. The van der Waals surface area contributed by atoms with Crippen LogP contribution < -0.4 is 0 Å². The normalized spacial score (nSPS) is 10.5. The maximum absolute atomic E-state index is 3.51. The largest absolute Gasteiger partial charge is 0.141 e. The van der Waals surface area contributed by atoms with E-state index < -0.39 is 0 Å². The van der Waals surface area contributed by atoms with E-state index in [9.17, 15) is 0 Å². The average molecular weight is 428 g/mol. The molecular formula is C6H4Br4S. The van der Waals surface area contributed by atoms with Gasteiger partial charge in [-0.15, -0.1) is 11.3 Å². The average Bonchev–Trinajstić information content (AvgIpc) is 2.30. The van der Waals surface area contributed by atoms with Gasteiger partial charge in [-0.1, -0.05) is 31.9 Å². The predicted molar refractivity (Wildman–Crippen MR) is 65.0 cm³/mol. The van der Waals surface area contributed by atoms with E-state index in [1.165, 1.54) is 18.7 Å². The lowest BCUT2D eigenvalue weighted by atomic mass is 10.5. The van der Waals surface area contributed by atoms with Crippen LogP contribution in [0.3, 0.4) is 0 Å². The van der Waals surface area contributed by atoms with Gasteiger partial charge in [0.15, 0.2) is 0 Å². The third-order valence-corrected chi connectivity index (χ3v) is 7.03. The van der Waals surface area contributed by atoms with Crippen molar-refractivity contribution in [3.8, 4) is 0 Å². The van der Waals surface area contributed by atoms with Crippen LogP contribution in [0, 0.1) is 0 Å². The first kappa shape index (κ1) is 10.7. The van der Waals surface area contributed by atoms with Crippen molar-refractivity contribution in [2.24, 2.45) is 0 Å². The van der Waals surface area contributed by atoms with Gasteiger partial charge in [0.05, 0.1) is 0 Å². The maximum atomic E-state index is 3.51. The molecule has 0 amide bonds. The number of hydrogen-bond donors (Lipinski definition) is 0. The molecule has 0 radical (unpaired) electrons. The molecule has 1 heterocycles. The monoisotopic (exact) mass is 424 g/mol. The molecule has 0 spiro atoms. The van der Waals surface area contributed by atoms with E-state index in [1.807, 2.05) is 0 Å². The van der Waals surface area contributed by atoms with Crippen LogP contribution in [0.1, 0.15) is 9.75 Å². The van der Waals surface area contributed by atoms with Gasteiger partial charge in [0.25, 0.3) is 0 Å². The molecule has 0 aliphatic heterocycles. The highest BCUT2D eigenvalue weighted by atomic mass is 79.9. The quantitative estimate of drug-likeness (QED) is 0.579. The molecule has 0 unspecified atom stereocenters. The van der Waals surface area contributed by atoms with E-state index in [1.54, 1.807) is 11.3 Å². The van der Waals surface area contributed by atoms with E-state index in [0.717, 1.165) is 10.7 Å². The summed E-state index contributed by atoms with van der Waals surface area (Å²) >= 11 is 15.7. The molecule has 11 heavy (non-hydrogen) atoms. The molecule has 0 aromatic carbocycles. The maximum Gasteiger partial charge on any atom is 0.0468 e. The lowest BCUT2D eigenvalue weighted by Gasteiger charge is -1.88. The van der Waals surface area contributed by atoms with Crippen molar-refractivity contribution in [1.82, 2.24) is 0 Å². The second kappa shape index (κ2) is 4.74. The molecule has 0 bridgehead atoms. The minimum atomic E-state index is 0.907. The summed E-state index contributed by atoms with van der Waals surface area (Å²) < 4.78 is 2.35. The lowest BCUT2D eigenvalue weighted by molar-refractivity contribution is 1.48. The molecule has 1 aromatic heterocycles. The van der Waals surface area contributed by atoms with Crippen molar-refractivity contribution in [2.75, 3.05) is 0 Å². The summed E-state index contributed by atoms with van der Waals surface area (Å²) in [5.41, 5.74) is 0. The third kappa shape index (κ3) is 2.30. The first-order valence-electron chi connectivity index (χ1n) is 2.78. The number of thiophene rings is 1. The first-order valence-corrected chi connectivity index (χ1v) is 7.42. The zero-order valence-corrected chi connectivity index (χ0v) is 12.5. The van der Waals surface area contributed by atoms with E-state index in [0.29, 0.717) is 0 Å². The van der Waals surface area contributed by atoms with Crippen molar-refractivity contribution in [3.63, 3.8) is 0 Å². The Hall–Kier alpha value is 1.62. The Morgan fingerprint density at radius 2 is 1.27 bits per heavy atom. The highest BCUT2D eigenvalue weighted by Crippen LogP contribution is 2.39. The fraction of sp³-hybridized carbons (Fsp3) is 0.333. The fourth-order valence-electron chi connectivity index (χ4n) is 0.655. The summed E-state index contributed by atoms with van der Waals surface area (Å²) in [6, 6.07) is 0. The van der Waals surface area contributed by atoms with Crippen molar-refractivity contribution >= 4 is 75.1 Å². The summed E-state index contributed by atoms with van der Waals surface area (Å²) in [5.74, 6) is 0. The molecule has 62 valence electrons. The molecule has 0 aliphatic rings. The number of rotatable bonds is 2. The van der Waals surface area contributed by atoms with Crippen LogP contribution in [0.15, 0.2) is 8.95 Å². The Balaban J connectivity index is 3.12. The SMILES string of the molecule is BrCc1sc(CBr)c(Br)c1Br. The minimum Gasteiger partial charge on any atom is -0.141 e. The van der Waals surface area contributed by atoms with Gasteiger partial charge in [-0.2, -0.15) is 0 Å². The van der Waals surface area contributed by atoms with Crippen LogP contribution in [0.25, 0.3) is 0 Å². The second-order valence-electron chi connectivity index (χ2n) is 1.84. The number of halogens is 4. The van der Waals surface area contributed by atoms with Gasteiger partial charge in [0.1, 0.15) is 0 Å². The van der Waals surface area contributed by atoms with E-state index >= 15 is 0 Å². The van der Waals surface area contributed by atoms with Gasteiger partial charge >= 0.3 is 0 Å². The van der Waals surface area contributed by atoms with Gasteiger partial charge in [-0.3, -0.25) is 0 Å². The molecule has 0 aliphatic carbocycles. The second-order valence-corrected chi connectivity index (χ2v) is 5.74. The van der Waals surface area contributed by atoms with E-state index in [4.69, 9.17) is 0 Å². The molecule has 0 saturated heterocycles. The van der Waals surface area contributed by atoms with Gasteiger partial charge in [-0.05, 0) is 31.9 Å². The van der Waals surface area contributed by atoms with Crippen molar-refractivity contribution in [2.45, 2.75) is 10.7 Å². The van der Waals surface area contributed by atoms with Crippen LogP contribution in [-0.4, -0.2) is 0 Å². The highest BCUT2D eigenvalue weighted by Gasteiger charge is 2.11. The van der Waals surface area contributed by atoms with Crippen LogP contribution in [-0.2, 0) is 10.7 Å². The van der Waals surface area contributed by atoms with Crippen LogP contribution in [0.5, 0.6) is 0 Å².